The van der Waals surface area contributed by atoms with Crippen LogP contribution in [0.25, 0.3) is 10.8 Å². The van der Waals surface area contributed by atoms with E-state index in [1.165, 1.54) is 13.4 Å². The van der Waals surface area contributed by atoms with Crippen LogP contribution in [-0.2, 0) is 0 Å². The molecule has 0 saturated heterocycles. The normalized spacial score (nSPS) is 10.8. The van der Waals surface area contributed by atoms with Gasteiger partial charge in [-0.3, -0.25) is 0 Å². The number of methoxy groups -OCH3 is 1. The van der Waals surface area contributed by atoms with Crippen molar-refractivity contribution in [3.63, 3.8) is 0 Å². The van der Waals surface area contributed by atoms with Gasteiger partial charge in [-0.25, -0.2) is 0 Å². The third-order valence-corrected chi connectivity index (χ3v) is 2.40. The van der Waals surface area contributed by atoms with Gasteiger partial charge in [-0.15, -0.1) is 0 Å². The van der Waals surface area contributed by atoms with Crippen molar-refractivity contribution in [3.8, 4) is 23.2 Å². The van der Waals surface area contributed by atoms with Crippen LogP contribution in [-0.4, -0.2) is 22.4 Å². The molecule has 0 fully saturated rings. The standard InChI is InChI=1S/C10H10O5/c1-4-5-3-15-10(13)6(5)8(12)9(14-2)7(4)11/h3,11-13H,1-2H3. The van der Waals surface area contributed by atoms with Gasteiger partial charge in [-0.05, 0) is 6.92 Å². The highest BCUT2D eigenvalue weighted by molar-refractivity contribution is 5.98. The van der Waals surface area contributed by atoms with E-state index in [9.17, 15) is 15.3 Å². The Bertz CT molecular complexity index is 526. The molecule has 5 heteroatoms. The number of rotatable bonds is 1. The van der Waals surface area contributed by atoms with Gasteiger partial charge in [0.15, 0.2) is 11.5 Å². The van der Waals surface area contributed by atoms with Gasteiger partial charge in [0.2, 0.25) is 5.75 Å². The maximum Gasteiger partial charge on any atom is 0.293 e. The van der Waals surface area contributed by atoms with Gasteiger partial charge in [0.25, 0.3) is 5.95 Å². The molecule has 5 nitrogen and oxygen atoms in total. The van der Waals surface area contributed by atoms with E-state index in [-0.39, 0.29) is 22.6 Å². The first-order chi connectivity index (χ1) is 7.07. The van der Waals surface area contributed by atoms with Crippen LogP contribution < -0.4 is 4.74 Å². The van der Waals surface area contributed by atoms with Crippen LogP contribution in [0.4, 0.5) is 0 Å². The minimum Gasteiger partial charge on any atom is -0.504 e. The van der Waals surface area contributed by atoms with Gasteiger partial charge >= 0.3 is 0 Å². The number of ether oxygens (including phenoxy) is 1. The zero-order valence-corrected chi connectivity index (χ0v) is 8.24. The summed E-state index contributed by atoms with van der Waals surface area (Å²) in [6, 6.07) is 0. The summed E-state index contributed by atoms with van der Waals surface area (Å²) in [5, 5.41) is 29.3. The fourth-order valence-electron chi connectivity index (χ4n) is 1.57. The predicted octanol–water partition coefficient (Wildman–Crippen LogP) is 1.87. The molecular weight excluding hydrogens is 200 g/mol. The van der Waals surface area contributed by atoms with Crippen LogP contribution in [0.2, 0.25) is 0 Å². The van der Waals surface area contributed by atoms with E-state index < -0.39 is 5.95 Å². The summed E-state index contributed by atoms with van der Waals surface area (Å²) >= 11 is 0. The van der Waals surface area contributed by atoms with Crippen molar-refractivity contribution in [2.75, 3.05) is 7.11 Å². The molecule has 0 atom stereocenters. The van der Waals surface area contributed by atoms with Crippen molar-refractivity contribution >= 4 is 10.8 Å². The Hall–Kier alpha value is -2.04. The molecule has 2 aromatic rings. The van der Waals surface area contributed by atoms with Crippen molar-refractivity contribution in [2.45, 2.75) is 6.92 Å². The van der Waals surface area contributed by atoms with E-state index in [1.54, 1.807) is 6.92 Å². The van der Waals surface area contributed by atoms with Crippen LogP contribution in [0.1, 0.15) is 5.56 Å². The van der Waals surface area contributed by atoms with Crippen LogP contribution in [0.3, 0.4) is 0 Å². The Morgan fingerprint density at radius 2 is 1.87 bits per heavy atom. The van der Waals surface area contributed by atoms with E-state index in [0.717, 1.165) is 0 Å². The largest absolute Gasteiger partial charge is 0.504 e. The van der Waals surface area contributed by atoms with Crippen LogP contribution >= 0.6 is 0 Å². The second-order valence-electron chi connectivity index (χ2n) is 3.18. The summed E-state index contributed by atoms with van der Waals surface area (Å²) in [5.41, 5.74) is 0.476. The van der Waals surface area contributed by atoms with Gasteiger partial charge in [0, 0.05) is 10.9 Å². The maximum atomic E-state index is 9.72. The molecule has 0 spiro atoms. The molecule has 2 rings (SSSR count). The summed E-state index contributed by atoms with van der Waals surface area (Å²) < 4.78 is 9.60. The monoisotopic (exact) mass is 210 g/mol. The molecule has 0 unspecified atom stereocenters. The molecule has 0 bridgehead atoms. The quantitative estimate of drug-likeness (QED) is 0.669. The van der Waals surface area contributed by atoms with Crippen molar-refractivity contribution in [1.82, 2.24) is 0 Å². The molecule has 15 heavy (non-hydrogen) atoms. The number of furan rings is 1. The third kappa shape index (κ3) is 1.09. The maximum absolute atomic E-state index is 9.72. The second-order valence-corrected chi connectivity index (χ2v) is 3.18. The summed E-state index contributed by atoms with van der Waals surface area (Å²) in [6.45, 7) is 1.63. The van der Waals surface area contributed by atoms with Gasteiger partial charge in [0.1, 0.15) is 11.6 Å². The van der Waals surface area contributed by atoms with Gasteiger partial charge in [-0.2, -0.15) is 0 Å². The molecule has 3 N–H and O–H groups in total. The Morgan fingerprint density at radius 3 is 2.47 bits per heavy atom. The molecule has 0 radical (unpaired) electrons. The second kappa shape index (κ2) is 2.98. The molecule has 0 aliphatic carbocycles. The molecule has 1 heterocycles. The Morgan fingerprint density at radius 1 is 1.20 bits per heavy atom. The Balaban J connectivity index is 2.99. The number of aromatic hydroxyl groups is 3. The highest BCUT2D eigenvalue weighted by Crippen LogP contribution is 2.48. The van der Waals surface area contributed by atoms with Gasteiger partial charge in [-0.1, -0.05) is 0 Å². The summed E-state index contributed by atoms with van der Waals surface area (Å²) in [4.78, 5) is 0. The van der Waals surface area contributed by atoms with Crippen LogP contribution in [0, 0.1) is 6.92 Å². The molecule has 0 saturated carbocycles. The SMILES string of the molecule is COc1c(O)c(C)c2coc(O)c2c1O. The number of benzene rings is 1. The van der Waals surface area contributed by atoms with Crippen molar-refractivity contribution in [1.29, 1.82) is 0 Å². The van der Waals surface area contributed by atoms with Crippen molar-refractivity contribution < 1.29 is 24.5 Å². The first-order valence-corrected chi connectivity index (χ1v) is 4.26. The summed E-state index contributed by atoms with van der Waals surface area (Å²) in [6.07, 6.45) is 1.26. The summed E-state index contributed by atoms with van der Waals surface area (Å²) in [5.74, 6) is -0.967. The lowest BCUT2D eigenvalue weighted by Gasteiger charge is -2.09. The number of hydrogen-bond donors (Lipinski definition) is 3. The fourth-order valence-corrected chi connectivity index (χ4v) is 1.57. The summed E-state index contributed by atoms with van der Waals surface area (Å²) in [7, 11) is 1.32. The number of phenols is 2. The van der Waals surface area contributed by atoms with Crippen molar-refractivity contribution in [2.24, 2.45) is 0 Å². The molecule has 0 aliphatic rings. The lowest BCUT2D eigenvalue weighted by Crippen LogP contribution is -1.88. The van der Waals surface area contributed by atoms with Gasteiger partial charge < -0.3 is 24.5 Å². The van der Waals surface area contributed by atoms with Gasteiger partial charge in [0.05, 0.1) is 7.11 Å². The smallest absolute Gasteiger partial charge is 0.293 e. The van der Waals surface area contributed by atoms with E-state index in [4.69, 9.17) is 9.15 Å². The lowest BCUT2D eigenvalue weighted by atomic mass is 10.1. The van der Waals surface area contributed by atoms with E-state index >= 15 is 0 Å². The first-order valence-electron chi connectivity index (χ1n) is 4.26. The molecular formula is C10H10O5. The minimum atomic E-state index is -0.399. The Labute approximate surface area is 85.1 Å². The first kappa shape index (κ1) is 9.51. The molecule has 0 aliphatic heterocycles. The Kier molecular flexibility index (Phi) is 1.89. The van der Waals surface area contributed by atoms with E-state index in [2.05, 4.69) is 0 Å². The van der Waals surface area contributed by atoms with E-state index in [0.29, 0.717) is 10.9 Å². The molecule has 0 amide bonds. The topological polar surface area (TPSA) is 83.1 Å². The predicted molar refractivity (Wildman–Crippen MR) is 52.5 cm³/mol. The zero-order valence-electron chi connectivity index (χ0n) is 8.24. The highest BCUT2D eigenvalue weighted by Gasteiger charge is 2.21. The third-order valence-electron chi connectivity index (χ3n) is 2.40. The number of fused-ring (bicyclic) bond motifs is 1. The van der Waals surface area contributed by atoms with Crippen molar-refractivity contribution in [3.05, 3.63) is 11.8 Å². The van der Waals surface area contributed by atoms with E-state index in [1.807, 2.05) is 0 Å². The molecule has 1 aromatic carbocycles. The number of aryl methyl sites for hydroxylation is 1. The van der Waals surface area contributed by atoms with Crippen LogP contribution in [0.15, 0.2) is 10.7 Å². The fraction of sp³-hybridized carbons (Fsp3) is 0.200. The number of phenolic OH excluding ortho intramolecular Hbond substituents is 2. The average molecular weight is 210 g/mol. The average Bonchev–Trinajstić information content (AvgIpc) is 2.58. The molecule has 80 valence electrons. The highest BCUT2D eigenvalue weighted by atomic mass is 16.5. The number of hydrogen-bond acceptors (Lipinski definition) is 5. The molecule has 1 aromatic heterocycles. The lowest BCUT2D eigenvalue weighted by molar-refractivity contribution is 0.331. The van der Waals surface area contributed by atoms with Crippen LogP contribution in [0.5, 0.6) is 23.2 Å². The minimum absolute atomic E-state index is 0.0725. The zero-order chi connectivity index (χ0) is 11.2.